The number of piperidine rings is 1. The van der Waals surface area contributed by atoms with E-state index < -0.39 is 5.82 Å². The molecule has 0 unspecified atom stereocenters. The monoisotopic (exact) mass is 352 g/mol. The molecule has 6 heteroatoms. The summed E-state index contributed by atoms with van der Waals surface area (Å²) < 4.78 is 18.6. The van der Waals surface area contributed by atoms with Crippen LogP contribution in [-0.4, -0.2) is 54.6 Å². The second kappa shape index (κ2) is 8.72. The Kier molecular flexibility index (Phi) is 6.37. The predicted octanol–water partition coefficient (Wildman–Crippen LogP) is 2.54. The molecule has 1 aromatic rings. The number of hydrogen-bond donors (Lipinski definition) is 1. The molecule has 2 aliphatic heterocycles. The molecule has 0 saturated carbocycles. The number of rotatable bonds is 6. The van der Waals surface area contributed by atoms with Crippen LogP contribution in [0.1, 0.15) is 19.3 Å². The third-order valence-corrected chi connectivity index (χ3v) is 6.00. The van der Waals surface area contributed by atoms with Crippen molar-refractivity contribution < 1.29 is 13.9 Å². The second-order valence-corrected chi connectivity index (χ2v) is 7.67. The highest BCUT2D eigenvalue weighted by Crippen LogP contribution is 2.26. The summed E-state index contributed by atoms with van der Waals surface area (Å²) in [4.78, 5) is 14.5. The topological polar surface area (TPSA) is 41.6 Å². The lowest BCUT2D eigenvalue weighted by Gasteiger charge is -2.35. The maximum atomic E-state index is 13.4. The van der Waals surface area contributed by atoms with Crippen LogP contribution in [0, 0.1) is 11.7 Å². The van der Waals surface area contributed by atoms with E-state index in [0.717, 1.165) is 32.0 Å². The highest BCUT2D eigenvalue weighted by atomic mass is 32.2. The molecule has 0 bridgehead atoms. The van der Waals surface area contributed by atoms with Gasteiger partial charge in [-0.3, -0.25) is 9.69 Å². The summed E-state index contributed by atoms with van der Waals surface area (Å²) >= 11 is 2.06. The lowest BCUT2D eigenvalue weighted by atomic mass is 9.95. The van der Waals surface area contributed by atoms with Gasteiger partial charge in [-0.15, -0.1) is 0 Å². The fraction of sp³-hybridized carbons (Fsp3) is 0.611. The van der Waals surface area contributed by atoms with Crippen LogP contribution in [0.25, 0.3) is 0 Å². The summed E-state index contributed by atoms with van der Waals surface area (Å²) in [7, 11) is 0. The zero-order valence-corrected chi connectivity index (χ0v) is 14.7. The predicted molar refractivity (Wildman–Crippen MR) is 94.9 cm³/mol. The Hall–Kier alpha value is -1.27. The van der Waals surface area contributed by atoms with E-state index in [1.165, 1.54) is 30.1 Å². The largest absolute Gasteiger partial charge is 0.481 e. The molecule has 1 atom stereocenters. The number of carbonyl (C=O) groups is 1. The molecule has 2 heterocycles. The Morgan fingerprint density at radius 1 is 1.29 bits per heavy atom. The van der Waals surface area contributed by atoms with E-state index in [0.29, 0.717) is 12.5 Å². The molecule has 132 valence electrons. The van der Waals surface area contributed by atoms with Crippen LogP contribution in [0.5, 0.6) is 5.75 Å². The quantitative estimate of drug-likeness (QED) is 0.854. The van der Waals surface area contributed by atoms with Gasteiger partial charge in [0.1, 0.15) is 0 Å². The molecule has 2 fully saturated rings. The smallest absolute Gasteiger partial charge is 0.257 e. The molecular formula is C18H25FN2O2S. The second-order valence-electron chi connectivity index (χ2n) is 6.52. The molecule has 24 heavy (non-hydrogen) atoms. The van der Waals surface area contributed by atoms with Gasteiger partial charge in [-0.05, 0) is 56.2 Å². The van der Waals surface area contributed by atoms with Gasteiger partial charge in [0.05, 0.1) is 0 Å². The molecular weight excluding hydrogens is 327 g/mol. The van der Waals surface area contributed by atoms with Crippen molar-refractivity contribution in [3.05, 3.63) is 30.1 Å². The molecule has 0 aliphatic carbocycles. The third kappa shape index (κ3) is 4.86. The molecule has 2 aliphatic rings. The van der Waals surface area contributed by atoms with Crippen molar-refractivity contribution in [2.45, 2.75) is 25.3 Å². The first-order valence-corrected chi connectivity index (χ1v) is 9.83. The van der Waals surface area contributed by atoms with E-state index >= 15 is 0 Å². The van der Waals surface area contributed by atoms with Crippen molar-refractivity contribution in [3.8, 4) is 5.75 Å². The maximum Gasteiger partial charge on any atom is 0.257 e. The van der Waals surface area contributed by atoms with E-state index in [1.54, 1.807) is 12.1 Å². The summed E-state index contributed by atoms with van der Waals surface area (Å²) in [5.41, 5.74) is 0. The van der Waals surface area contributed by atoms with E-state index in [-0.39, 0.29) is 18.3 Å². The molecule has 0 aromatic heterocycles. The lowest BCUT2D eigenvalue weighted by Crippen LogP contribution is -2.44. The van der Waals surface area contributed by atoms with Gasteiger partial charge in [0.25, 0.3) is 5.91 Å². The summed E-state index contributed by atoms with van der Waals surface area (Å²) in [5, 5.41) is 2.92. The summed E-state index contributed by atoms with van der Waals surface area (Å²) in [6, 6.07) is 6.90. The van der Waals surface area contributed by atoms with E-state index in [2.05, 4.69) is 22.0 Å². The van der Waals surface area contributed by atoms with E-state index in [4.69, 9.17) is 4.74 Å². The Bertz CT molecular complexity index is 544. The van der Waals surface area contributed by atoms with Crippen molar-refractivity contribution in [3.63, 3.8) is 0 Å². The first-order valence-electron chi connectivity index (χ1n) is 8.68. The van der Waals surface area contributed by atoms with Crippen LogP contribution in [0.3, 0.4) is 0 Å². The molecule has 4 nitrogen and oxygen atoms in total. The number of nitrogens with one attached hydrogen (secondary N) is 1. The Balaban J connectivity index is 1.33. The van der Waals surface area contributed by atoms with Gasteiger partial charge in [0, 0.05) is 18.3 Å². The normalized spacial score (nSPS) is 22.5. The summed E-state index contributed by atoms with van der Waals surface area (Å²) in [6.07, 6.45) is 3.59. The zero-order chi connectivity index (χ0) is 16.8. The Morgan fingerprint density at radius 3 is 2.79 bits per heavy atom. The summed E-state index contributed by atoms with van der Waals surface area (Å²) in [6.45, 7) is 2.82. The minimum absolute atomic E-state index is 0.121. The molecule has 2 saturated heterocycles. The van der Waals surface area contributed by atoms with Gasteiger partial charge >= 0.3 is 0 Å². The van der Waals surface area contributed by atoms with Crippen molar-refractivity contribution in [1.29, 1.82) is 0 Å². The standard InChI is InChI=1S/C18H25FN2O2S/c19-16-3-1-2-4-17(16)23-12-18(22)20-11-14-5-8-21(9-6-14)15-7-10-24-13-15/h1-4,14-15H,5-13H2,(H,20,22)/t15-/m1/s1. The number of para-hydroxylation sites is 1. The van der Waals surface area contributed by atoms with Gasteiger partial charge in [-0.2, -0.15) is 11.8 Å². The molecule has 1 N–H and O–H groups in total. The van der Waals surface area contributed by atoms with Crippen molar-refractivity contribution >= 4 is 17.7 Å². The number of benzene rings is 1. The van der Waals surface area contributed by atoms with Crippen LogP contribution >= 0.6 is 11.8 Å². The van der Waals surface area contributed by atoms with Gasteiger partial charge in [0.2, 0.25) is 0 Å². The average Bonchev–Trinajstić information content (AvgIpc) is 3.14. The molecule has 1 aromatic carbocycles. The van der Waals surface area contributed by atoms with Crippen molar-refractivity contribution in [2.24, 2.45) is 5.92 Å². The van der Waals surface area contributed by atoms with Crippen LogP contribution in [0.15, 0.2) is 24.3 Å². The number of halogens is 1. The van der Waals surface area contributed by atoms with Gasteiger partial charge in [-0.1, -0.05) is 12.1 Å². The molecule has 3 rings (SSSR count). The fourth-order valence-electron chi connectivity index (χ4n) is 3.35. The van der Waals surface area contributed by atoms with Gasteiger partial charge in [0.15, 0.2) is 18.2 Å². The zero-order valence-electron chi connectivity index (χ0n) is 13.9. The molecule has 1 amide bonds. The molecule has 0 spiro atoms. The van der Waals surface area contributed by atoms with Gasteiger partial charge in [-0.25, -0.2) is 4.39 Å². The van der Waals surface area contributed by atoms with Gasteiger partial charge < -0.3 is 10.1 Å². The first-order chi connectivity index (χ1) is 11.7. The van der Waals surface area contributed by atoms with E-state index in [1.807, 2.05) is 0 Å². The SMILES string of the molecule is O=C(COc1ccccc1F)NCC1CCN([C@@H]2CCSC2)CC1. The number of hydrogen-bond acceptors (Lipinski definition) is 4. The Morgan fingerprint density at radius 2 is 2.08 bits per heavy atom. The highest BCUT2D eigenvalue weighted by Gasteiger charge is 2.27. The number of likely N-dealkylation sites (tertiary alicyclic amines) is 1. The number of ether oxygens (including phenoxy) is 1. The molecule has 0 radical (unpaired) electrons. The third-order valence-electron chi connectivity index (χ3n) is 4.85. The minimum Gasteiger partial charge on any atom is -0.481 e. The summed E-state index contributed by atoms with van der Waals surface area (Å²) in [5.74, 6) is 2.59. The average molecular weight is 352 g/mol. The number of carbonyl (C=O) groups excluding carboxylic acids is 1. The van der Waals surface area contributed by atoms with Crippen LogP contribution in [0.4, 0.5) is 4.39 Å². The first kappa shape index (κ1) is 17.5. The van der Waals surface area contributed by atoms with Crippen molar-refractivity contribution in [1.82, 2.24) is 10.2 Å². The maximum absolute atomic E-state index is 13.4. The Labute approximate surface area is 147 Å². The number of thioether (sulfide) groups is 1. The minimum atomic E-state index is -0.442. The van der Waals surface area contributed by atoms with Crippen molar-refractivity contribution in [2.75, 3.05) is 37.7 Å². The number of amides is 1. The van der Waals surface area contributed by atoms with Crippen LogP contribution in [0.2, 0.25) is 0 Å². The van der Waals surface area contributed by atoms with Crippen LogP contribution in [-0.2, 0) is 4.79 Å². The van der Waals surface area contributed by atoms with E-state index in [9.17, 15) is 9.18 Å². The highest BCUT2D eigenvalue weighted by molar-refractivity contribution is 7.99. The lowest BCUT2D eigenvalue weighted by molar-refractivity contribution is -0.123. The number of nitrogens with zero attached hydrogens (tertiary/aromatic N) is 1. The van der Waals surface area contributed by atoms with Crippen LogP contribution < -0.4 is 10.1 Å². The fourth-order valence-corrected chi connectivity index (χ4v) is 4.60.